The van der Waals surface area contributed by atoms with Crippen LogP contribution >= 0.6 is 0 Å². The number of rotatable bonds is 3. The van der Waals surface area contributed by atoms with Crippen molar-refractivity contribution in [3.8, 4) is 11.1 Å². The quantitative estimate of drug-likeness (QED) is 0.667. The van der Waals surface area contributed by atoms with E-state index >= 15 is 0 Å². The van der Waals surface area contributed by atoms with E-state index in [2.05, 4.69) is 12.1 Å². The molecule has 2 aromatic rings. The van der Waals surface area contributed by atoms with E-state index < -0.39 is 18.8 Å². The summed E-state index contributed by atoms with van der Waals surface area (Å²) < 4.78 is 0. The van der Waals surface area contributed by atoms with Crippen LogP contribution < -0.4 is 0 Å². The molecular weight excluding hydrogens is 240 g/mol. The Kier molecular flexibility index (Phi) is 3.11. The molecule has 2 atom stereocenters. The molecule has 0 aromatic heterocycles. The molecule has 19 heavy (non-hydrogen) atoms. The summed E-state index contributed by atoms with van der Waals surface area (Å²) in [6.07, 6.45) is -1.33. The Labute approximate surface area is 111 Å². The maximum atomic E-state index is 9.93. The average Bonchev–Trinajstić information content (AvgIpc) is 2.83. The minimum Gasteiger partial charge on any atom is -0.394 e. The van der Waals surface area contributed by atoms with Gasteiger partial charge in [-0.1, -0.05) is 42.5 Å². The number of fused-ring (bicyclic) bond motifs is 3. The zero-order valence-electron chi connectivity index (χ0n) is 10.5. The molecule has 2 unspecified atom stereocenters. The summed E-state index contributed by atoms with van der Waals surface area (Å²) in [6, 6.07) is 13.9. The van der Waals surface area contributed by atoms with Gasteiger partial charge in [-0.05, 0) is 34.2 Å². The van der Waals surface area contributed by atoms with Gasteiger partial charge in [0.25, 0.3) is 0 Å². The molecule has 0 saturated carbocycles. The van der Waals surface area contributed by atoms with Crippen LogP contribution in [0.5, 0.6) is 0 Å². The molecule has 3 N–H and O–H groups in total. The second-order valence-electron chi connectivity index (χ2n) is 4.95. The first-order valence-electron chi connectivity index (χ1n) is 6.39. The first-order chi connectivity index (χ1) is 9.20. The van der Waals surface area contributed by atoms with Gasteiger partial charge in [-0.3, -0.25) is 0 Å². The van der Waals surface area contributed by atoms with Gasteiger partial charge in [-0.25, -0.2) is 0 Å². The highest BCUT2D eigenvalue weighted by Crippen LogP contribution is 2.37. The maximum absolute atomic E-state index is 9.93. The summed E-state index contributed by atoms with van der Waals surface area (Å²) in [6.45, 7) is -0.446. The van der Waals surface area contributed by atoms with Gasteiger partial charge in [-0.15, -0.1) is 0 Å². The third-order valence-electron chi connectivity index (χ3n) is 3.71. The van der Waals surface area contributed by atoms with Crippen LogP contribution in [-0.4, -0.2) is 28.0 Å². The second kappa shape index (κ2) is 4.78. The summed E-state index contributed by atoms with van der Waals surface area (Å²) >= 11 is 0. The zero-order chi connectivity index (χ0) is 13.4. The van der Waals surface area contributed by atoms with Gasteiger partial charge in [0.05, 0.1) is 6.61 Å². The van der Waals surface area contributed by atoms with Crippen molar-refractivity contribution in [3.05, 3.63) is 59.2 Å². The Balaban J connectivity index is 1.98. The van der Waals surface area contributed by atoms with Crippen molar-refractivity contribution in [1.29, 1.82) is 0 Å². The summed E-state index contributed by atoms with van der Waals surface area (Å²) in [5, 5.41) is 28.3. The van der Waals surface area contributed by atoms with Gasteiger partial charge >= 0.3 is 0 Å². The van der Waals surface area contributed by atoms with E-state index in [9.17, 15) is 10.2 Å². The van der Waals surface area contributed by atoms with Gasteiger partial charge < -0.3 is 15.3 Å². The van der Waals surface area contributed by atoms with Crippen LogP contribution in [-0.2, 0) is 6.42 Å². The molecule has 0 aliphatic heterocycles. The van der Waals surface area contributed by atoms with Gasteiger partial charge in [0.2, 0.25) is 0 Å². The van der Waals surface area contributed by atoms with E-state index in [0.29, 0.717) is 5.56 Å². The SMILES string of the molecule is OCC(O)C(O)c1ccc2c(c1)Cc1ccccc1-2. The number of hydrogen-bond donors (Lipinski definition) is 3. The minimum atomic E-state index is -1.14. The van der Waals surface area contributed by atoms with Crippen molar-refractivity contribution in [2.75, 3.05) is 6.61 Å². The van der Waals surface area contributed by atoms with Crippen LogP contribution in [0.1, 0.15) is 22.8 Å². The van der Waals surface area contributed by atoms with Gasteiger partial charge in [0.15, 0.2) is 0 Å². The molecular formula is C16H16O3. The van der Waals surface area contributed by atoms with Gasteiger partial charge in [0, 0.05) is 0 Å². The molecule has 2 aromatic carbocycles. The molecule has 1 aliphatic carbocycles. The predicted molar refractivity (Wildman–Crippen MR) is 72.7 cm³/mol. The lowest BCUT2D eigenvalue weighted by Crippen LogP contribution is -2.22. The zero-order valence-corrected chi connectivity index (χ0v) is 10.5. The lowest BCUT2D eigenvalue weighted by atomic mass is 9.98. The molecule has 0 amide bonds. The highest BCUT2D eigenvalue weighted by molar-refractivity contribution is 5.76. The largest absolute Gasteiger partial charge is 0.394 e. The van der Waals surface area contributed by atoms with E-state index in [4.69, 9.17) is 5.11 Å². The van der Waals surface area contributed by atoms with E-state index in [1.54, 1.807) is 0 Å². The summed E-state index contributed by atoms with van der Waals surface area (Å²) in [5.74, 6) is 0. The fraction of sp³-hybridized carbons (Fsp3) is 0.250. The maximum Gasteiger partial charge on any atom is 0.107 e. The predicted octanol–water partition coefficient (Wildman–Crippen LogP) is 1.64. The molecule has 0 radical (unpaired) electrons. The lowest BCUT2D eigenvalue weighted by molar-refractivity contribution is -0.0152. The van der Waals surface area contributed by atoms with E-state index in [1.165, 1.54) is 16.7 Å². The van der Waals surface area contributed by atoms with Crippen molar-refractivity contribution in [1.82, 2.24) is 0 Å². The number of aliphatic hydroxyl groups is 3. The summed E-state index contributed by atoms with van der Waals surface area (Å²) in [7, 11) is 0. The van der Waals surface area contributed by atoms with Crippen LogP contribution in [0.15, 0.2) is 42.5 Å². The summed E-state index contributed by atoms with van der Waals surface area (Å²) in [4.78, 5) is 0. The second-order valence-corrected chi connectivity index (χ2v) is 4.95. The molecule has 3 nitrogen and oxygen atoms in total. The normalized spacial score (nSPS) is 15.7. The van der Waals surface area contributed by atoms with Crippen molar-refractivity contribution in [2.45, 2.75) is 18.6 Å². The molecule has 0 saturated heterocycles. The first kappa shape index (κ1) is 12.4. The van der Waals surface area contributed by atoms with Gasteiger partial charge in [0.1, 0.15) is 12.2 Å². The third-order valence-corrected chi connectivity index (χ3v) is 3.71. The van der Waals surface area contributed by atoms with E-state index in [1.807, 2.05) is 30.3 Å². The number of hydrogen-bond acceptors (Lipinski definition) is 3. The molecule has 1 aliphatic rings. The molecule has 0 heterocycles. The minimum absolute atomic E-state index is 0.446. The third kappa shape index (κ3) is 2.06. The van der Waals surface area contributed by atoms with Crippen molar-refractivity contribution in [2.24, 2.45) is 0 Å². The standard InChI is InChI=1S/C16H16O3/c17-9-15(18)16(19)11-5-6-14-12(8-11)7-10-3-1-2-4-13(10)14/h1-6,8,15-19H,7,9H2. The Morgan fingerprint density at radius 3 is 2.47 bits per heavy atom. The topological polar surface area (TPSA) is 60.7 Å². The Morgan fingerprint density at radius 1 is 0.947 bits per heavy atom. The molecule has 0 bridgehead atoms. The molecule has 0 fully saturated rings. The van der Waals surface area contributed by atoms with E-state index in [-0.39, 0.29) is 0 Å². The first-order valence-corrected chi connectivity index (χ1v) is 6.39. The number of aliphatic hydroxyl groups excluding tert-OH is 3. The molecule has 0 spiro atoms. The number of benzene rings is 2. The molecule has 98 valence electrons. The van der Waals surface area contributed by atoms with Crippen LogP contribution in [0.25, 0.3) is 11.1 Å². The fourth-order valence-corrected chi connectivity index (χ4v) is 2.67. The van der Waals surface area contributed by atoms with Crippen molar-refractivity contribution < 1.29 is 15.3 Å². The highest BCUT2D eigenvalue weighted by Gasteiger charge is 2.22. The van der Waals surface area contributed by atoms with Gasteiger partial charge in [-0.2, -0.15) is 0 Å². The molecule has 3 rings (SSSR count). The lowest BCUT2D eigenvalue weighted by Gasteiger charge is -2.16. The Morgan fingerprint density at radius 2 is 1.68 bits per heavy atom. The van der Waals surface area contributed by atoms with Crippen LogP contribution in [0, 0.1) is 0 Å². The monoisotopic (exact) mass is 256 g/mol. The highest BCUT2D eigenvalue weighted by atomic mass is 16.4. The van der Waals surface area contributed by atoms with Crippen molar-refractivity contribution in [3.63, 3.8) is 0 Å². The fourth-order valence-electron chi connectivity index (χ4n) is 2.67. The summed E-state index contributed by atoms with van der Waals surface area (Å²) in [5.41, 5.74) is 5.51. The van der Waals surface area contributed by atoms with Crippen LogP contribution in [0.2, 0.25) is 0 Å². The Bertz CT molecular complexity index is 607. The molecule has 3 heteroatoms. The van der Waals surface area contributed by atoms with Crippen molar-refractivity contribution >= 4 is 0 Å². The smallest absolute Gasteiger partial charge is 0.107 e. The van der Waals surface area contributed by atoms with Crippen LogP contribution in [0.3, 0.4) is 0 Å². The average molecular weight is 256 g/mol. The van der Waals surface area contributed by atoms with E-state index in [0.717, 1.165) is 12.0 Å². The van der Waals surface area contributed by atoms with Crippen LogP contribution in [0.4, 0.5) is 0 Å². The Hall–Kier alpha value is -1.68.